The molecule has 2 aromatic rings. The van der Waals surface area contributed by atoms with Crippen LogP contribution < -0.4 is 18.9 Å². The number of benzene rings is 1. The summed E-state index contributed by atoms with van der Waals surface area (Å²) in [5, 5.41) is 0.561. The molecule has 18 heavy (non-hydrogen) atoms. The van der Waals surface area contributed by atoms with E-state index in [1.54, 1.807) is 6.07 Å². The maximum Gasteiger partial charge on any atom is 0.320 e. The molecule has 0 radical (unpaired) electrons. The second-order valence-electron chi connectivity index (χ2n) is 3.35. The highest BCUT2D eigenvalue weighted by Crippen LogP contribution is 2.35. The Kier molecular flexibility index (Phi) is 2.99. The van der Waals surface area contributed by atoms with Crippen molar-refractivity contribution in [1.82, 2.24) is 9.97 Å². The van der Waals surface area contributed by atoms with Crippen LogP contribution in [0.3, 0.4) is 0 Å². The molecule has 0 saturated heterocycles. The minimum absolute atomic E-state index is 0.0934. The molecule has 0 aliphatic rings. The molecule has 0 atom stereocenters. The van der Waals surface area contributed by atoms with Gasteiger partial charge in [-0.3, -0.25) is 0 Å². The molecule has 0 unspecified atom stereocenters. The summed E-state index contributed by atoms with van der Waals surface area (Å²) in [6.45, 7) is 0. The average molecular weight is 251 g/mol. The monoisotopic (exact) mass is 251 g/mol. The molecular weight excluding hydrogens is 236 g/mol. The molecule has 0 spiro atoms. The van der Waals surface area contributed by atoms with Gasteiger partial charge in [0.15, 0.2) is 11.5 Å². The van der Waals surface area contributed by atoms with Gasteiger partial charge in [0.1, 0.15) is 0 Å². The molecule has 1 aromatic heterocycles. The Morgan fingerprint density at radius 2 is 1.67 bits per heavy atom. The maximum absolute atomic E-state index is 8.12. The van der Waals surface area contributed by atoms with E-state index in [1.807, 2.05) is 0 Å². The van der Waals surface area contributed by atoms with Crippen LogP contribution in [0.4, 0.5) is 0 Å². The van der Waals surface area contributed by atoms with Crippen molar-refractivity contribution in [1.29, 1.82) is 0 Å². The number of fused-ring (bicyclic) bond motifs is 1. The summed E-state index contributed by atoms with van der Waals surface area (Å²) in [7, 11) is 5.91. The van der Waals surface area contributed by atoms with E-state index >= 15 is 0 Å². The summed E-state index contributed by atoms with van der Waals surface area (Å²) < 4.78 is 28.7. The summed E-state index contributed by atoms with van der Waals surface area (Å²) >= 11 is 0. The summed E-state index contributed by atoms with van der Waals surface area (Å²) in [6, 6.07) is 1.89. The molecule has 0 fully saturated rings. The van der Waals surface area contributed by atoms with Crippen LogP contribution in [0, 0.1) is 0 Å². The van der Waals surface area contributed by atoms with Crippen LogP contribution in [0.25, 0.3) is 10.9 Å². The van der Waals surface area contributed by atoms with E-state index < -0.39 is 0 Å². The van der Waals surface area contributed by atoms with Crippen LogP contribution in [0.2, 0.25) is 0 Å². The number of nitrogens with zero attached hydrogens (tertiary/aromatic N) is 2. The molecular formula is C12H14N2O4. The number of hydrogen-bond donors (Lipinski definition) is 0. The van der Waals surface area contributed by atoms with E-state index in [9.17, 15) is 0 Å². The van der Waals surface area contributed by atoms with Crippen molar-refractivity contribution in [3.05, 3.63) is 12.1 Å². The van der Waals surface area contributed by atoms with E-state index in [0.29, 0.717) is 28.3 Å². The number of hydrogen-bond acceptors (Lipinski definition) is 6. The molecule has 0 amide bonds. The zero-order chi connectivity index (χ0) is 14.0. The number of methoxy groups -OCH3 is 4. The first-order valence-corrected chi connectivity index (χ1v) is 5.17. The van der Waals surface area contributed by atoms with Crippen LogP contribution >= 0.6 is 0 Å². The van der Waals surface area contributed by atoms with Gasteiger partial charge >= 0.3 is 6.01 Å². The summed E-state index contributed by atoms with van der Waals surface area (Å²) in [5.41, 5.74) is 0.376. The Bertz CT molecular complexity index is 618. The lowest BCUT2D eigenvalue weighted by Gasteiger charge is -2.11. The van der Waals surface area contributed by atoms with E-state index in [-0.39, 0.29) is 12.1 Å². The first kappa shape index (κ1) is 10.9. The van der Waals surface area contributed by atoms with Crippen LogP contribution in [0.1, 0.15) is 1.37 Å². The summed E-state index contributed by atoms with van der Waals surface area (Å²) in [5.74, 6) is 1.04. The van der Waals surface area contributed by atoms with Gasteiger partial charge in [-0.15, -0.1) is 0 Å². The highest BCUT2D eigenvalue weighted by Gasteiger charge is 2.13. The van der Waals surface area contributed by atoms with Gasteiger partial charge < -0.3 is 18.9 Å². The van der Waals surface area contributed by atoms with Crippen LogP contribution in [0.5, 0.6) is 23.4 Å². The molecule has 6 nitrogen and oxygen atoms in total. The molecule has 0 bridgehead atoms. The van der Waals surface area contributed by atoms with Gasteiger partial charge in [0.2, 0.25) is 5.88 Å². The van der Waals surface area contributed by atoms with Gasteiger partial charge in [0.05, 0.1) is 40.7 Å². The maximum atomic E-state index is 8.12. The molecule has 1 heterocycles. The molecule has 6 heteroatoms. The van der Waals surface area contributed by atoms with Gasteiger partial charge in [-0.2, -0.15) is 9.97 Å². The zero-order valence-electron chi connectivity index (χ0n) is 11.6. The molecule has 0 aliphatic heterocycles. The van der Waals surface area contributed by atoms with Crippen molar-refractivity contribution in [3.63, 3.8) is 0 Å². The van der Waals surface area contributed by atoms with Crippen molar-refractivity contribution in [3.8, 4) is 23.4 Å². The molecule has 0 N–H and O–H groups in total. The SMILES string of the molecule is [2H]c1c(OC)c(OC)cc2c(OC)nc(OC)nc12. The predicted octanol–water partition coefficient (Wildman–Crippen LogP) is 1.66. The molecule has 1 aromatic carbocycles. The van der Waals surface area contributed by atoms with Gasteiger partial charge in [-0.1, -0.05) is 0 Å². The van der Waals surface area contributed by atoms with E-state index in [2.05, 4.69) is 9.97 Å². The molecule has 2 rings (SSSR count). The van der Waals surface area contributed by atoms with Crippen molar-refractivity contribution in [2.75, 3.05) is 28.4 Å². The third kappa shape index (κ3) is 1.97. The number of ether oxygens (including phenoxy) is 4. The normalized spacial score (nSPS) is 11.0. The van der Waals surface area contributed by atoms with Crippen LogP contribution in [-0.2, 0) is 0 Å². The molecule has 96 valence electrons. The zero-order valence-corrected chi connectivity index (χ0v) is 10.6. The Balaban J connectivity index is 2.86. The van der Waals surface area contributed by atoms with Crippen LogP contribution in [0.15, 0.2) is 12.1 Å². The first-order valence-electron chi connectivity index (χ1n) is 5.67. The third-order valence-electron chi connectivity index (χ3n) is 2.42. The average Bonchev–Trinajstić information content (AvgIpc) is 2.45. The predicted molar refractivity (Wildman–Crippen MR) is 65.7 cm³/mol. The van der Waals surface area contributed by atoms with Crippen molar-refractivity contribution in [2.45, 2.75) is 0 Å². The fraction of sp³-hybridized carbons (Fsp3) is 0.333. The Hall–Kier alpha value is -2.24. The third-order valence-corrected chi connectivity index (χ3v) is 2.42. The smallest absolute Gasteiger partial charge is 0.320 e. The second-order valence-corrected chi connectivity index (χ2v) is 3.35. The quantitative estimate of drug-likeness (QED) is 0.823. The minimum atomic E-state index is 0.0934. The highest BCUT2D eigenvalue weighted by molar-refractivity contribution is 5.87. The summed E-state index contributed by atoms with van der Waals surface area (Å²) in [6.07, 6.45) is 0. The van der Waals surface area contributed by atoms with Crippen LogP contribution in [-0.4, -0.2) is 38.4 Å². The Labute approximate surface area is 106 Å². The van der Waals surface area contributed by atoms with Crippen molar-refractivity contribution in [2.24, 2.45) is 0 Å². The van der Waals surface area contributed by atoms with Crippen molar-refractivity contribution < 1.29 is 20.3 Å². The van der Waals surface area contributed by atoms with Gasteiger partial charge in [0.25, 0.3) is 0 Å². The minimum Gasteiger partial charge on any atom is -0.493 e. The van der Waals surface area contributed by atoms with Gasteiger partial charge in [0, 0.05) is 6.04 Å². The number of rotatable bonds is 4. The van der Waals surface area contributed by atoms with E-state index in [1.165, 1.54) is 28.4 Å². The standard InChI is InChI=1S/C12H14N2O4/c1-15-9-5-7-8(6-10(9)16-2)13-12(18-4)14-11(7)17-3/h5-6H,1-4H3/i6D. The Morgan fingerprint density at radius 3 is 2.22 bits per heavy atom. The largest absolute Gasteiger partial charge is 0.493 e. The fourth-order valence-corrected chi connectivity index (χ4v) is 1.57. The lowest BCUT2D eigenvalue weighted by atomic mass is 10.2. The Morgan fingerprint density at radius 1 is 0.944 bits per heavy atom. The van der Waals surface area contributed by atoms with Gasteiger partial charge in [-0.05, 0) is 6.07 Å². The van der Waals surface area contributed by atoms with Crippen molar-refractivity contribution >= 4 is 10.9 Å². The first-order chi connectivity index (χ1) is 9.15. The van der Waals surface area contributed by atoms with E-state index in [4.69, 9.17) is 20.3 Å². The lowest BCUT2D eigenvalue weighted by molar-refractivity contribution is 0.351. The number of aromatic nitrogens is 2. The second kappa shape index (κ2) is 4.95. The van der Waals surface area contributed by atoms with Gasteiger partial charge in [-0.25, -0.2) is 0 Å². The molecule has 0 aliphatic carbocycles. The fourth-order valence-electron chi connectivity index (χ4n) is 1.57. The topological polar surface area (TPSA) is 62.7 Å². The summed E-state index contributed by atoms with van der Waals surface area (Å²) in [4.78, 5) is 8.22. The van der Waals surface area contributed by atoms with E-state index in [0.717, 1.165) is 0 Å². The molecule has 0 saturated carbocycles. The lowest BCUT2D eigenvalue weighted by Crippen LogP contribution is -1.98. The highest BCUT2D eigenvalue weighted by atomic mass is 16.5.